The number of benzene rings is 3. The van der Waals surface area contributed by atoms with Gasteiger partial charge < -0.3 is 32.3 Å². The molecule has 1 atom stereocenters. The van der Waals surface area contributed by atoms with Crippen LogP contribution in [0.1, 0.15) is 36.8 Å². The van der Waals surface area contributed by atoms with Crippen LogP contribution in [0.4, 0.5) is 10.5 Å². The van der Waals surface area contributed by atoms with Crippen LogP contribution in [-0.2, 0) is 26.0 Å². The Balaban J connectivity index is 1.52. The van der Waals surface area contributed by atoms with E-state index in [1.165, 1.54) is 6.07 Å². The van der Waals surface area contributed by atoms with Gasteiger partial charge in [0, 0.05) is 50.9 Å². The summed E-state index contributed by atoms with van der Waals surface area (Å²) in [7, 11) is -2.60. The molecule has 0 saturated carbocycles. The molecule has 1 aliphatic rings. The number of nitrogens with zero attached hydrogens (tertiary/aromatic N) is 1. The first-order valence-corrected chi connectivity index (χ1v) is 17.4. The molecule has 4 amide bonds. The van der Waals surface area contributed by atoms with Crippen molar-refractivity contribution in [2.45, 2.75) is 43.0 Å². The molecule has 1 fully saturated rings. The van der Waals surface area contributed by atoms with Gasteiger partial charge in [-0.1, -0.05) is 42.5 Å². The lowest BCUT2D eigenvalue weighted by Gasteiger charge is -2.34. The van der Waals surface area contributed by atoms with Crippen LogP contribution in [0.25, 0.3) is 11.1 Å². The van der Waals surface area contributed by atoms with E-state index in [1.54, 1.807) is 78.7 Å². The zero-order valence-electron chi connectivity index (χ0n) is 27.0. The van der Waals surface area contributed by atoms with Crippen molar-refractivity contribution in [2.75, 3.05) is 38.5 Å². The molecule has 0 bridgehead atoms. The number of carbonyl (C=O) groups excluding carboxylic acids is 3. The maximum absolute atomic E-state index is 13.9. The number of likely N-dealkylation sites (tertiary alicyclic amines) is 1. The van der Waals surface area contributed by atoms with Crippen LogP contribution in [0.15, 0.2) is 77.7 Å². The molecule has 0 aliphatic carbocycles. The Morgan fingerprint density at radius 3 is 2.35 bits per heavy atom. The van der Waals surface area contributed by atoms with Crippen LogP contribution in [0.2, 0.25) is 0 Å². The van der Waals surface area contributed by atoms with E-state index in [-0.39, 0.29) is 48.0 Å². The number of nitrogens with two attached hydrogens (primary N) is 2. The van der Waals surface area contributed by atoms with Crippen LogP contribution in [0.3, 0.4) is 0 Å². The van der Waals surface area contributed by atoms with Crippen molar-refractivity contribution < 1.29 is 22.8 Å². The van der Waals surface area contributed by atoms with Gasteiger partial charge in [-0.05, 0) is 78.6 Å². The van der Waals surface area contributed by atoms with E-state index < -0.39 is 16.1 Å². The van der Waals surface area contributed by atoms with Gasteiger partial charge in [0.15, 0.2) is 0 Å². The van der Waals surface area contributed by atoms with Crippen molar-refractivity contribution in [3.63, 3.8) is 0 Å². The highest BCUT2D eigenvalue weighted by Crippen LogP contribution is 2.26. The summed E-state index contributed by atoms with van der Waals surface area (Å²) in [6, 6.07) is 19.0. The molecule has 256 valence electrons. The smallest absolute Gasteiger partial charge is 0.314 e. The van der Waals surface area contributed by atoms with Crippen molar-refractivity contribution in [1.82, 2.24) is 20.3 Å². The highest BCUT2D eigenvalue weighted by Gasteiger charge is 2.32. The Kier molecular flexibility index (Phi) is 12.7. The number of amides is 4. The fraction of sp³-hybridized carbons (Fsp3) is 0.353. The summed E-state index contributed by atoms with van der Waals surface area (Å²) in [6.07, 6.45) is 2.52. The number of amidine groups is 1. The number of urea groups is 1. The summed E-state index contributed by atoms with van der Waals surface area (Å²) in [5.41, 5.74) is 14.3. The lowest BCUT2D eigenvalue weighted by Crippen LogP contribution is -2.51. The van der Waals surface area contributed by atoms with Gasteiger partial charge in [-0.25, -0.2) is 13.2 Å². The maximum atomic E-state index is 13.9. The summed E-state index contributed by atoms with van der Waals surface area (Å²) in [5.74, 6) is -0.332. The number of carbonyl (C=O) groups is 3. The zero-order chi connectivity index (χ0) is 34.7. The van der Waals surface area contributed by atoms with Gasteiger partial charge >= 0.3 is 6.03 Å². The summed E-state index contributed by atoms with van der Waals surface area (Å²) in [4.78, 5) is 39.0. The second kappa shape index (κ2) is 16.9. The molecule has 0 spiro atoms. The van der Waals surface area contributed by atoms with Crippen LogP contribution in [0.5, 0.6) is 0 Å². The summed E-state index contributed by atoms with van der Waals surface area (Å²) >= 11 is 0. The van der Waals surface area contributed by atoms with E-state index >= 15 is 0 Å². The number of rotatable bonds is 14. The molecule has 0 aromatic heterocycles. The third-order valence-electron chi connectivity index (χ3n) is 8.28. The standard InChI is InChI=1S/C34H44N8O5S/c1-38-34(45)39-17-13-23-14-18-42(19-15-23)33(44)30(21-24-4-2-6-27(20-24)32(36)37)41-48(46,47)29-7-3-5-26(22-29)25-8-10-28(11-9-25)40-31(43)12-16-35/h2-11,20,22-23,30,41H,12-19,21,35H2,1H3,(H3,36,37)(H,40,43)(H2,38,39,45)/t30-/m0/s1. The largest absolute Gasteiger partial charge is 0.384 e. The van der Waals surface area contributed by atoms with Gasteiger partial charge in [0.1, 0.15) is 11.9 Å². The summed E-state index contributed by atoms with van der Waals surface area (Å²) in [6.45, 7) is 1.71. The van der Waals surface area contributed by atoms with Gasteiger partial charge in [-0.15, -0.1) is 0 Å². The fourth-order valence-electron chi connectivity index (χ4n) is 5.62. The number of nitrogen functional groups attached to an aromatic ring is 1. The molecular formula is C34H44N8O5S. The number of hydrogen-bond acceptors (Lipinski definition) is 7. The number of anilines is 1. The quantitative estimate of drug-likeness (QED) is 0.0999. The normalized spacial score (nSPS) is 14.2. The second-order valence-electron chi connectivity index (χ2n) is 11.7. The third kappa shape index (κ3) is 10.1. The van der Waals surface area contributed by atoms with Crippen LogP contribution in [-0.4, -0.2) is 76.3 Å². The molecule has 1 aliphatic heterocycles. The predicted molar refractivity (Wildman–Crippen MR) is 186 cm³/mol. The number of hydrogen-bond donors (Lipinski definition) is 7. The van der Waals surface area contributed by atoms with Gasteiger partial charge in [0.2, 0.25) is 21.8 Å². The monoisotopic (exact) mass is 676 g/mol. The molecule has 14 heteroatoms. The van der Waals surface area contributed by atoms with E-state index in [4.69, 9.17) is 16.9 Å². The Labute approximate surface area is 281 Å². The lowest BCUT2D eigenvalue weighted by atomic mass is 9.93. The van der Waals surface area contributed by atoms with Crippen molar-refractivity contribution in [2.24, 2.45) is 17.4 Å². The molecular weight excluding hydrogens is 632 g/mol. The second-order valence-corrected chi connectivity index (χ2v) is 13.5. The molecule has 9 N–H and O–H groups in total. The minimum Gasteiger partial charge on any atom is -0.384 e. The van der Waals surface area contributed by atoms with Crippen molar-refractivity contribution in [3.8, 4) is 11.1 Å². The highest BCUT2D eigenvalue weighted by atomic mass is 32.2. The molecule has 13 nitrogen and oxygen atoms in total. The van der Waals surface area contributed by atoms with Gasteiger partial charge in [0.25, 0.3) is 0 Å². The van der Waals surface area contributed by atoms with Crippen LogP contribution >= 0.6 is 0 Å². The van der Waals surface area contributed by atoms with Crippen molar-refractivity contribution in [1.29, 1.82) is 5.41 Å². The van der Waals surface area contributed by atoms with E-state index in [0.717, 1.165) is 24.8 Å². The number of piperidine rings is 1. The molecule has 0 radical (unpaired) electrons. The molecule has 0 unspecified atom stereocenters. The van der Waals surface area contributed by atoms with E-state index in [0.29, 0.717) is 47.9 Å². The van der Waals surface area contributed by atoms with Gasteiger partial charge in [-0.3, -0.25) is 15.0 Å². The van der Waals surface area contributed by atoms with Crippen molar-refractivity contribution in [3.05, 3.63) is 83.9 Å². The Bertz CT molecular complexity index is 1710. The molecule has 3 aromatic rings. The minimum absolute atomic E-state index is 0.00191. The van der Waals surface area contributed by atoms with Crippen LogP contribution < -0.4 is 32.1 Å². The molecule has 4 rings (SSSR count). The number of sulfonamides is 1. The fourth-order valence-corrected chi connectivity index (χ4v) is 6.85. The molecule has 1 saturated heterocycles. The van der Waals surface area contributed by atoms with Crippen molar-refractivity contribution >= 4 is 39.4 Å². The average molecular weight is 677 g/mol. The van der Waals surface area contributed by atoms with Crippen LogP contribution in [0, 0.1) is 11.3 Å². The highest BCUT2D eigenvalue weighted by molar-refractivity contribution is 7.89. The van der Waals surface area contributed by atoms with Gasteiger partial charge in [-0.2, -0.15) is 4.72 Å². The minimum atomic E-state index is -4.16. The summed E-state index contributed by atoms with van der Waals surface area (Å²) in [5, 5.41) is 15.9. The van der Waals surface area contributed by atoms with Gasteiger partial charge in [0.05, 0.1) is 4.90 Å². The average Bonchev–Trinajstić information content (AvgIpc) is 3.08. The topological polar surface area (TPSA) is 213 Å². The van der Waals surface area contributed by atoms with E-state index in [2.05, 4.69) is 20.7 Å². The Morgan fingerprint density at radius 1 is 0.979 bits per heavy atom. The zero-order valence-corrected chi connectivity index (χ0v) is 27.8. The first-order chi connectivity index (χ1) is 23.0. The summed E-state index contributed by atoms with van der Waals surface area (Å²) < 4.78 is 30.3. The third-order valence-corrected chi connectivity index (χ3v) is 9.75. The maximum Gasteiger partial charge on any atom is 0.314 e. The Morgan fingerprint density at radius 2 is 1.69 bits per heavy atom. The lowest BCUT2D eigenvalue weighted by molar-refractivity contribution is -0.134. The van der Waals surface area contributed by atoms with E-state index in [9.17, 15) is 22.8 Å². The SMILES string of the molecule is CNC(=O)NCCC1CCN(C(=O)[C@H](Cc2cccc(C(=N)N)c2)NS(=O)(=O)c2cccc(-c3ccc(NC(=O)CCN)cc3)c2)CC1. The first-order valence-electron chi connectivity index (χ1n) is 15.9. The molecule has 3 aromatic carbocycles. The molecule has 1 heterocycles. The molecule has 48 heavy (non-hydrogen) atoms. The Hall–Kier alpha value is -4.79. The number of nitrogens with one attached hydrogen (secondary N) is 5. The first kappa shape index (κ1) is 36.1. The predicted octanol–water partition coefficient (Wildman–Crippen LogP) is 2.37. The van der Waals surface area contributed by atoms with E-state index in [1.807, 2.05) is 0 Å².